The van der Waals surface area contributed by atoms with Crippen molar-refractivity contribution in [1.29, 1.82) is 0 Å². The smallest absolute Gasteiger partial charge is 0.410 e. The maximum atomic E-state index is 12.3. The van der Waals surface area contributed by atoms with Gasteiger partial charge in [-0.05, 0) is 31.9 Å². The summed E-state index contributed by atoms with van der Waals surface area (Å²) in [5.74, 6) is 0. The zero-order valence-electron chi connectivity index (χ0n) is 15.1. The Bertz CT molecular complexity index is 701. The van der Waals surface area contributed by atoms with Crippen LogP contribution in [0.2, 0.25) is 0 Å². The second kappa shape index (κ2) is 6.89. The van der Waals surface area contributed by atoms with Gasteiger partial charge in [0.25, 0.3) is 0 Å². The highest BCUT2D eigenvalue weighted by Gasteiger charge is 2.48. The predicted octanol–water partition coefficient (Wildman–Crippen LogP) is 4.35. The first-order valence-corrected chi connectivity index (χ1v) is 8.59. The van der Waals surface area contributed by atoms with E-state index in [0.717, 1.165) is 11.1 Å². The lowest BCUT2D eigenvalue weighted by atomic mass is 9.86. The molecule has 1 aliphatic heterocycles. The third-order valence-electron chi connectivity index (χ3n) is 4.20. The average Bonchev–Trinajstić information content (AvgIpc) is 2.54. The van der Waals surface area contributed by atoms with E-state index in [1.165, 1.54) is 0 Å². The van der Waals surface area contributed by atoms with Crippen LogP contribution in [0.1, 0.15) is 31.9 Å². The van der Waals surface area contributed by atoms with E-state index in [2.05, 4.69) is 12.1 Å². The summed E-state index contributed by atoms with van der Waals surface area (Å²) >= 11 is 0. The molecule has 1 amide bonds. The Hall–Kier alpha value is -2.33. The summed E-state index contributed by atoms with van der Waals surface area (Å²) in [6.07, 6.45) is -0.289. The quantitative estimate of drug-likeness (QED) is 0.831. The number of nitrogens with zero attached hydrogens (tertiary/aromatic N) is 1. The number of rotatable bonds is 4. The maximum absolute atomic E-state index is 12.3. The lowest BCUT2D eigenvalue weighted by Gasteiger charge is -2.49. The minimum absolute atomic E-state index is 0.289. The molecule has 1 heterocycles. The van der Waals surface area contributed by atoms with Crippen molar-refractivity contribution in [3.63, 3.8) is 0 Å². The van der Waals surface area contributed by atoms with Crippen LogP contribution in [0.5, 0.6) is 0 Å². The normalized spacial score (nSPS) is 16.2. The van der Waals surface area contributed by atoms with Gasteiger partial charge in [-0.2, -0.15) is 0 Å². The van der Waals surface area contributed by atoms with Gasteiger partial charge in [0.2, 0.25) is 0 Å². The third kappa shape index (κ3) is 4.20. The molecule has 0 atom stereocenters. The number of ether oxygens (including phenoxy) is 2. The molecule has 1 saturated heterocycles. The molecule has 2 aromatic carbocycles. The molecular formula is C21H25NO3. The number of hydrogen-bond donors (Lipinski definition) is 0. The number of amides is 1. The first-order chi connectivity index (χ1) is 11.9. The summed E-state index contributed by atoms with van der Waals surface area (Å²) in [6, 6.07) is 20.2. The molecule has 1 fully saturated rings. The molecule has 2 aromatic rings. The first-order valence-electron chi connectivity index (χ1n) is 8.59. The largest absolute Gasteiger partial charge is 0.444 e. The predicted molar refractivity (Wildman–Crippen MR) is 97.2 cm³/mol. The summed E-state index contributed by atoms with van der Waals surface area (Å²) in [5.41, 5.74) is 1.24. The molecule has 0 N–H and O–H groups in total. The molecule has 0 spiro atoms. The Morgan fingerprint density at radius 1 is 1.00 bits per heavy atom. The molecule has 132 valence electrons. The number of hydrogen-bond acceptors (Lipinski definition) is 3. The van der Waals surface area contributed by atoms with Gasteiger partial charge in [0, 0.05) is 0 Å². The summed E-state index contributed by atoms with van der Waals surface area (Å²) in [7, 11) is 0. The van der Waals surface area contributed by atoms with Crippen molar-refractivity contribution >= 4 is 6.09 Å². The van der Waals surface area contributed by atoms with Crippen LogP contribution in [0.4, 0.5) is 4.79 Å². The Kier molecular flexibility index (Phi) is 4.82. The summed E-state index contributed by atoms with van der Waals surface area (Å²) in [4.78, 5) is 14.0. The van der Waals surface area contributed by atoms with Crippen LogP contribution in [0.25, 0.3) is 0 Å². The van der Waals surface area contributed by atoms with Crippen LogP contribution >= 0.6 is 0 Å². The molecule has 3 rings (SSSR count). The van der Waals surface area contributed by atoms with E-state index in [1.807, 2.05) is 69.3 Å². The highest BCUT2D eigenvalue weighted by molar-refractivity contribution is 5.70. The van der Waals surface area contributed by atoms with Crippen LogP contribution in [0.15, 0.2) is 60.7 Å². The highest BCUT2D eigenvalue weighted by atomic mass is 16.6. The summed E-state index contributed by atoms with van der Waals surface area (Å²) < 4.78 is 11.8. The molecule has 4 heteroatoms. The van der Waals surface area contributed by atoms with E-state index in [-0.39, 0.29) is 6.09 Å². The fourth-order valence-electron chi connectivity index (χ4n) is 2.92. The Labute approximate surface area is 149 Å². The Morgan fingerprint density at radius 2 is 1.56 bits per heavy atom. The van der Waals surface area contributed by atoms with E-state index in [1.54, 1.807) is 4.90 Å². The van der Waals surface area contributed by atoms with E-state index in [9.17, 15) is 4.79 Å². The molecule has 1 aliphatic rings. The van der Waals surface area contributed by atoms with Crippen LogP contribution in [0.3, 0.4) is 0 Å². The zero-order valence-corrected chi connectivity index (χ0v) is 15.1. The number of carbonyl (C=O) groups excluding carboxylic acids is 1. The van der Waals surface area contributed by atoms with Crippen molar-refractivity contribution in [2.75, 3.05) is 13.1 Å². The zero-order chi connectivity index (χ0) is 17.9. The van der Waals surface area contributed by atoms with E-state index >= 15 is 0 Å². The first kappa shape index (κ1) is 17.5. The van der Waals surface area contributed by atoms with Gasteiger partial charge in [-0.25, -0.2) is 4.79 Å². The number of likely N-dealkylation sites (tertiary alicyclic amines) is 1. The topological polar surface area (TPSA) is 38.8 Å². The second-order valence-electron chi connectivity index (χ2n) is 7.47. The molecule has 0 saturated carbocycles. The molecule has 0 radical (unpaired) electrons. The SMILES string of the molecule is CC(C)(C)OC(=O)N1CC(OCc2ccccc2)(c2ccccc2)C1. The van der Waals surface area contributed by atoms with E-state index < -0.39 is 11.2 Å². The van der Waals surface area contributed by atoms with Crippen molar-refractivity contribution in [2.45, 2.75) is 38.6 Å². The van der Waals surface area contributed by atoms with E-state index in [4.69, 9.17) is 9.47 Å². The van der Waals surface area contributed by atoms with Gasteiger partial charge < -0.3 is 14.4 Å². The number of benzene rings is 2. The maximum Gasteiger partial charge on any atom is 0.410 e. The lowest BCUT2D eigenvalue weighted by Crippen LogP contribution is -2.63. The van der Waals surface area contributed by atoms with Crippen molar-refractivity contribution in [1.82, 2.24) is 4.90 Å². The summed E-state index contributed by atoms with van der Waals surface area (Å²) in [6.45, 7) is 7.14. The molecular weight excluding hydrogens is 314 g/mol. The van der Waals surface area contributed by atoms with Crippen LogP contribution < -0.4 is 0 Å². The van der Waals surface area contributed by atoms with Crippen molar-refractivity contribution in [2.24, 2.45) is 0 Å². The molecule has 0 unspecified atom stereocenters. The van der Waals surface area contributed by atoms with Crippen LogP contribution in [-0.4, -0.2) is 29.7 Å². The van der Waals surface area contributed by atoms with Gasteiger partial charge in [0.05, 0.1) is 19.7 Å². The molecule has 0 aromatic heterocycles. The molecule has 25 heavy (non-hydrogen) atoms. The Morgan fingerprint density at radius 3 is 2.12 bits per heavy atom. The monoisotopic (exact) mass is 339 g/mol. The van der Waals surface area contributed by atoms with Gasteiger partial charge in [0.1, 0.15) is 11.2 Å². The Balaban J connectivity index is 1.71. The molecule has 4 nitrogen and oxygen atoms in total. The second-order valence-corrected chi connectivity index (χ2v) is 7.47. The average molecular weight is 339 g/mol. The van der Waals surface area contributed by atoms with Crippen LogP contribution in [-0.2, 0) is 21.7 Å². The molecule has 0 aliphatic carbocycles. The third-order valence-corrected chi connectivity index (χ3v) is 4.20. The van der Waals surface area contributed by atoms with Gasteiger partial charge in [-0.3, -0.25) is 0 Å². The van der Waals surface area contributed by atoms with Crippen molar-refractivity contribution < 1.29 is 14.3 Å². The van der Waals surface area contributed by atoms with Gasteiger partial charge >= 0.3 is 6.09 Å². The fraction of sp³-hybridized carbons (Fsp3) is 0.381. The fourth-order valence-corrected chi connectivity index (χ4v) is 2.92. The van der Waals surface area contributed by atoms with Crippen LogP contribution in [0, 0.1) is 0 Å². The summed E-state index contributed by atoms with van der Waals surface area (Å²) in [5, 5.41) is 0. The minimum atomic E-state index is -0.493. The minimum Gasteiger partial charge on any atom is -0.444 e. The van der Waals surface area contributed by atoms with Crippen molar-refractivity contribution in [3.05, 3.63) is 71.8 Å². The van der Waals surface area contributed by atoms with Crippen molar-refractivity contribution in [3.8, 4) is 0 Å². The number of carbonyl (C=O) groups is 1. The lowest BCUT2D eigenvalue weighted by molar-refractivity contribution is -0.153. The highest BCUT2D eigenvalue weighted by Crippen LogP contribution is 2.37. The van der Waals surface area contributed by atoms with Gasteiger partial charge in [-0.1, -0.05) is 60.7 Å². The standard InChI is InChI=1S/C21H25NO3/c1-20(2,3)25-19(23)22-15-21(16-22,18-12-8-5-9-13-18)24-14-17-10-6-4-7-11-17/h4-13H,14-16H2,1-3H3. The molecule has 0 bridgehead atoms. The van der Waals surface area contributed by atoms with Gasteiger partial charge in [0.15, 0.2) is 0 Å². The van der Waals surface area contributed by atoms with E-state index in [0.29, 0.717) is 19.7 Å². The van der Waals surface area contributed by atoms with Gasteiger partial charge in [-0.15, -0.1) is 0 Å².